The minimum absolute atomic E-state index is 0.204. The van der Waals surface area contributed by atoms with Crippen molar-refractivity contribution in [2.75, 3.05) is 19.6 Å². The molecule has 34 heavy (non-hydrogen) atoms. The second-order valence-corrected chi connectivity index (χ2v) is 11.8. The molecule has 3 aliphatic rings. The summed E-state index contributed by atoms with van der Waals surface area (Å²) in [6.45, 7) is 18.3. The first-order chi connectivity index (χ1) is 16.1. The molecule has 1 heterocycles. The van der Waals surface area contributed by atoms with Crippen LogP contribution >= 0.6 is 0 Å². The number of hydrogen-bond acceptors (Lipinski definition) is 1. The van der Waals surface area contributed by atoms with Crippen LogP contribution in [0.5, 0.6) is 0 Å². The van der Waals surface area contributed by atoms with Crippen LogP contribution in [-0.4, -0.2) is 30.2 Å². The summed E-state index contributed by atoms with van der Waals surface area (Å²) < 4.78 is 16.0. The van der Waals surface area contributed by atoms with Crippen LogP contribution < -0.4 is 0 Å². The number of allylic oxidation sites excluding steroid dienone is 5. The lowest BCUT2D eigenvalue weighted by atomic mass is 9.82. The van der Waals surface area contributed by atoms with E-state index in [1.54, 1.807) is 0 Å². The van der Waals surface area contributed by atoms with Gasteiger partial charge in [0, 0.05) is 19.6 Å². The van der Waals surface area contributed by atoms with Gasteiger partial charge in [0.25, 0.3) is 0 Å². The molecule has 1 aromatic carbocycles. The second-order valence-electron chi connectivity index (χ2n) is 11.8. The first kappa shape index (κ1) is 25.2. The van der Waals surface area contributed by atoms with Crippen molar-refractivity contribution in [3.05, 3.63) is 76.4 Å². The zero-order valence-electron chi connectivity index (χ0n) is 22.1. The number of hydrogen-bond donors (Lipinski definition) is 0. The SMILES string of the molecule is C=C1c2cc(CC)c(CC)cc2CC1CC1(F)CCN(CC2=CC=C(C(C)(C)C)CC=C2)CC1. The van der Waals surface area contributed by atoms with Gasteiger partial charge in [0.15, 0.2) is 0 Å². The van der Waals surface area contributed by atoms with Crippen molar-refractivity contribution < 1.29 is 4.39 Å². The molecule has 2 aliphatic carbocycles. The molecule has 0 amide bonds. The molecule has 2 heteroatoms. The fourth-order valence-corrected chi connectivity index (χ4v) is 6.02. The van der Waals surface area contributed by atoms with E-state index in [-0.39, 0.29) is 11.3 Å². The van der Waals surface area contributed by atoms with Crippen LogP contribution in [0.3, 0.4) is 0 Å². The normalized spacial score (nSPS) is 22.9. The maximum absolute atomic E-state index is 16.0. The van der Waals surface area contributed by atoms with Crippen molar-refractivity contribution in [2.45, 2.75) is 85.2 Å². The van der Waals surface area contributed by atoms with Crippen molar-refractivity contribution in [3.8, 4) is 0 Å². The molecule has 0 N–H and O–H groups in total. The summed E-state index contributed by atoms with van der Waals surface area (Å²) in [4.78, 5) is 2.43. The van der Waals surface area contributed by atoms with Gasteiger partial charge in [0.1, 0.15) is 5.67 Å². The highest BCUT2D eigenvalue weighted by Gasteiger charge is 2.39. The molecule has 1 nitrogen and oxygen atoms in total. The number of alkyl halides is 1. The topological polar surface area (TPSA) is 3.24 Å². The van der Waals surface area contributed by atoms with Crippen LogP contribution in [0.25, 0.3) is 5.57 Å². The van der Waals surface area contributed by atoms with Crippen molar-refractivity contribution in [1.29, 1.82) is 0 Å². The molecular weight excluding hydrogens is 417 g/mol. The van der Waals surface area contributed by atoms with E-state index in [4.69, 9.17) is 0 Å². The van der Waals surface area contributed by atoms with E-state index in [0.29, 0.717) is 19.3 Å². The first-order valence-corrected chi connectivity index (χ1v) is 13.4. The highest BCUT2D eigenvalue weighted by molar-refractivity contribution is 5.74. The Balaban J connectivity index is 1.35. The predicted molar refractivity (Wildman–Crippen MR) is 145 cm³/mol. The van der Waals surface area contributed by atoms with E-state index in [2.05, 4.69) is 82.5 Å². The zero-order chi connectivity index (χ0) is 24.5. The standard InChI is InChI=1S/C32H44FN/c1-7-25-18-27-19-28(23(3)30(27)20-26(25)8-2)21-32(33)14-16-34(17-15-32)22-24-10-9-11-29(13-12-24)31(4,5)6/h9-10,12-13,18,20,28H,3,7-8,11,14-17,19,21-22H2,1-2,4-6H3. The molecule has 184 valence electrons. The Bertz CT molecular complexity index is 1010. The van der Waals surface area contributed by atoms with Crippen molar-refractivity contribution in [2.24, 2.45) is 11.3 Å². The smallest absolute Gasteiger partial charge is 0.114 e. The highest BCUT2D eigenvalue weighted by atomic mass is 19.1. The van der Waals surface area contributed by atoms with E-state index >= 15 is 4.39 Å². The molecule has 1 aliphatic heterocycles. The molecular formula is C32H44FN. The van der Waals surface area contributed by atoms with Crippen LogP contribution in [0.15, 0.2) is 54.2 Å². The number of piperidine rings is 1. The van der Waals surface area contributed by atoms with Gasteiger partial charge >= 0.3 is 0 Å². The molecule has 0 saturated carbocycles. The molecule has 0 radical (unpaired) electrons. The summed E-state index contributed by atoms with van der Waals surface area (Å²) in [5, 5.41) is 0. The minimum atomic E-state index is -1.07. The largest absolute Gasteiger partial charge is 0.299 e. The first-order valence-electron chi connectivity index (χ1n) is 13.4. The summed E-state index contributed by atoms with van der Waals surface area (Å²) in [6.07, 6.45) is 15.1. The molecule has 1 aromatic rings. The zero-order valence-corrected chi connectivity index (χ0v) is 22.1. The van der Waals surface area contributed by atoms with Crippen LogP contribution in [0.4, 0.5) is 4.39 Å². The Hall–Kier alpha value is -1.93. The third-order valence-electron chi connectivity index (χ3n) is 8.39. The summed E-state index contributed by atoms with van der Waals surface area (Å²) in [5.41, 5.74) is 8.67. The summed E-state index contributed by atoms with van der Waals surface area (Å²) in [7, 11) is 0. The Morgan fingerprint density at radius 2 is 1.74 bits per heavy atom. The fraction of sp³-hybridized carbons (Fsp3) is 0.562. The summed E-state index contributed by atoms with van der Waals surface area (Å²) >= 11 is 0. The molecule has 4 rings (SSSR count). The Morgan fingerprint density at radius 1 is 1.06 bits per heavy atom. The number of likely N-dealkylation sites (tertiary alicyclic amines) is 1. The van der Waals surface area contributed by atoms with Crippen LogP contribution in [0.2, 0.25) is 0 Å². The third kappa shape index (κ3) is 5.48. The van der Waals surface area contributed by atoms with Crippen molar-refractivity contribution in [1.82, 2.24) is 4.90 Å². The average molecular weight is 462 g/mol. The minimum Gasteiger partial charge on any atom is -0.299 e. The monoisotopic (exact) mass is 461 g/mol. The van der Waals surface area contributed by atoms with Gasteiger partial charge in [-0.3, -0.25) is 4.90 Å². The van der Waals surface area contributed by atoms with Gasteiger partial charge in [0.05, 0.1) is 0 Å². The number of nitrogens with zero attached hydrogens (tertiary/aromatic N) is 1. The van der Waals surface area contributed by atoms with Crippen molar-refractivity contribution >= 4 is 5.57 Å². The van der Waals surface area contributed by atoms with Gasteiger partial charge in [-0.05, 0) is 89.7 Å². The lowest BCUT2D eigenvalue weighted by Gasteiger charge is -2.38. The fourth-order valence-electron chi connectivity index (χ4n) is 6.02. The molecule has 1 saturated heterocycles. The van der Waals surface area contributed by atoms with Gasteiger partial charge in [-0.1, -0.05) is 83.2 Å². The molecule has 1 unspecified atom stereocenters. The van der Waals surface area contributed by atoms with Crippen LogP contribution in [0, 0.1) is 11.3 Å². The van der Waals surface area contributed by atoms with Crippen molar-refractivity contribution in [3.63, 3.8) is 0 Å². The third-order valence-corrected chi connectivity index (χ3v) is 8.39. The number of benzene rings is 1. The van der Waals surface area contributed by atoms with E-state index in [0.717, 1.165) is 45.3 Å². The quantitative estimate of drug-likeness (QED) is 0.414. The number of rotatable bonds is 6. The van der Waals surface area contributed by atoms with Gasteiger partial charge < -0.3 is 0 Å². The van der Waals surface area contributed by atoms with Gasteiger partial charge in [-0.15, -0.1) is 0 Å². The number of aryl methyl sites for hydroxylation is 2. The Kier molecular flexibility index (Phi) is 7.38. The average Bonchev–Trinajstić information content (AvgIpc) is 2.94. The summed E-state index contributed by atoms with van der Waals surface area (Å²) in [5.74, 6) is 0.247. The Labute approximate surface area is 207 Å². The van der Waals surface area contributed by atoms with Gasteiger partial charge in [-0.25, -0.2) is 4.39 Å². The van der Waals surface area contributed by atoms with Gasteiger partial charge in [0.2, 0.25) is 0 Å². The molecule has 1 fully saturated rings. The maximum Gasteiger partial charge on any atom is 0.114 e. The van der Waals surface area contributed by atoms with E-state index < -0.39 is 5.67 Å². The lowest BCUT2D eigenvalue weighted by Crippen LogP contribution is -2.43. The molecule has 1 atom stereocenters. The lowest BCUT2D eigenvalue weighted by molar-refractivity contribution is 0.0469. The van der Waals surface area contributed by atoms with E-state index in [1.165, 1.54) is 39.0 Å². The second kappa shape index (κ2) is 9.97. The summed E-state index contributed by atoms with van der Waals surface area (Å²) in [6, 6.07) is 4.72. The number of fused-ring (bicyclic) bond motifs is 1. The predicted octanol–water partition coefficient (Wildman–Crippen LogP) is 8.05. The van der Waals surface area contributed by atoms with E-state index in [1.807, 2.05) is 0 Å². The number of halogens is 1. The molecule has 0 aromatic heterocycles. The highest BCUT2D eigenvalue weighted by Crippen LogP contribution is 2.44. The van der Waals surface area contributed by atoms with E-state index in [9.17, 15) is 0 Å². The molecule has 0 spiro atoms. The maximum atomic E-state index is 16.0. The van der Waals surface area contributed by atoms with Crippen LogP contribution in [0.1, 0.15) is 82.6 Å². The molecule has 0 bridgehead atoms. The Morgan fingerprint density at radius 3 is 2.38 bits per heavy atom. The van der Waals surface area contributed by atoms with Gasteiger partial charge in [-0.2, -0.15) is 0 Å². The van der Waals surface area contributed by atoms with Crippen LogP contribution in [-0.2, 0) is 19.3 Å².